The molecular formula is C17H16BrN3O3S. The van der Waals surface area contributed by atoms with Crippen molar-refractivity contribution < 1.29 is 14.1 Å². The lowest BCUT2D eigenvalue weighted by Crippen LogP contribution is -2.23. The monoisotopic (exact) mass is 421 g/mol. The minimum Gasteiger partial charge on any atom is -0.496 e. The first-order chi connectivity index (χ1) is 12.2. The first-order valence-corrected chi connectivity index (χ1v) is 9.33. The molecule has 2 heterocycles. The summed E-state index contributed by atoms with van der Waals surface area (Å²) in [5.41, 5.74) is 1.83. The molecule has 1 N–H and O–H groups in total. The smallest absolute Gasteiger partial charge is 0.227 e. The van der Waals surface area contributed by atoms with Crippen molar-refractivity contribution in [3.63, 3.8) is 0 Å². The second-order valence-corrected chi connectivity index (χ2v) is 6.95. The lowest BCUT2D eigenvalue weighted by molar-refractivity contribution is -0.121. The Balaban J connectivity index is 1.51. The number of carbonyl (C=O) groups excluding carboxylic acids is 1. The first-order valence-electron chi connectivity index (χ1n) is 7.60. The van der Waals surface area contributed by atoms with Crippen LogP contribution in [-0.2, 0) is 17.8 Å². The van der Waals surface area contributed by atoms with Crippen LogP contribution in [0, 0.1) is 0 Å². The topological polar surface area (TPSA) is 77.2 Å². The molecule has 1 aromatic carbocycles. The highest BCUT2D eigenvalue weighted by Crippen LogP contribution is 2.23. The van der Waals surface area contributed by atoms with Crippen molar-refractivity contribution in [2.45, 2.75) is 19.4 Å². The van der Waals surface area contributed by atoms with E-state index in [4.69, 9.17) is 9.26 Å². The van der Waals surface area contributed by atoms with E-state index in [1.807, 2.05) is 35.0 Å². The molecule has 0 unspecified atom stereocenters. The Labute approximate surface area is 157 Å². The average Bonchev–Trinajstić information content (AvgIpc) is 3.29. The summed E-state index contributed by atoms with van der Waals surface area (Å²) in [6.45, 7) is 0.394. The molecule has 130 valence electrons. The van der Waals surface area contributed by atoms with Gasteiger partial charge in [-0.3, -0.25) is 4.79 Å². The van der Waals surface area contributed by atoms with Crippen molar-refractivity contribution in [3.8, 4) is 17.1 Å². The molecule has 0 spiro atoms. The third-order valence-corrected chi connectivity index (χ3v) is 4.71. The predicted octanol–water partition coefficient (Wildman–Crippen LogP) is 3.82. The fraction of sp³-hybridized carbons (Fsp3) is 0.235. The van der Waals surface area contributed by atoms with Crippen LogP contribution >= 0.6 is 27.3 Å². The number of hydrogen-bond donors (Lipinski definition) is 1. The Bertz CT molecular complexity index is 849. The molecule has 25 heavy (non-hydrogen) atoms. The van der Waals surface area contributed by atoms with Crippen LogP contribution in [0.5, 0.6) is 5.75 Å². The number of methoxy groups -OCH3 is 1. The third kappa shape index (κ3) is 4.67. The van der Waals surface area contributed by atoms with Crippen molar-refractivity contribution in [2.24, 2.45) is 0 Å². The molecule has 0 atom stereocenters. The van der Waals surface area contributed by atoms with Crippen LogP contribution in [-0.4, -0.2) is 23.2 Å². The average molecular weight is 422 g/mol. The summed E-state index contributed by atoms with van der Waals surface area (Å²) in [6, 6.07) is 7.60. The van der Waals surface area contributed by atoms with Crippen LogP contribution in [0.25, 0.3) is 11.4 Å². The number of halogens is 1. The van der Waals surface area contributed by atoms with Gasteiger partial charge >= 0.3 is 0 Å². The van der Waals surface area contributed by atoms with E-state index in [1.54, 1.807) is 18.4 Å². The van der Waals surface area contributed by atoms with Gasteiger partial charge in [0.1, 0.15) is 5.75 Å². The maximum absolute atomic E-state index is 12.1. The van der Waals surface area contributed by atoms with Gasteiger partial charge in [-0.2, -0.15) is 16.3 Å². The van der Waals surface area contributed by atoms with Gasteiger partial charge in [-0.25, -0.2) is 0 Å². The Morgan fingerprint density at radius 2 is 2.28 bits per heavy atom. The van der Waals surface area contributed by atoms with Gasteiger partial charge in [0.25, 0.3) is 0 Å². The molecule has 0 bridgehead atoms. The molecule has 2 aromatic heterocycles. The number of hydrogen-bond acceptors (Lipinski definition) is 6. The number of nitrogens with one attached hydrogen (secondary N) is 1. The molecule has 3 rings (SSSR count). The van der Waals surface area contributed by atoms with Gasteiger partial charge in [0.2, 0.25) is 17.6 Å². The molecule has 3 aromatic rings. The molecule has 0 aliphatic carbocycles. The van der Waals surface area contributed by atoms with Crippen LogP contribution in [0.3, 0.4) is 0 Å². The van der Waals surface area contributed by atoms with E-state index in [9.17, 15) is 4.79 Å². The van der Waals surface area contributed by atoms with Crippen LogP contribution < -0.4 is 10.1 Å². The number of carbonyl (C=O) groups is 1. The highest BCUT2D eigenvalue weighted by atomic mass is 79.9. The quantitative estimate of drug-likeness (QED) is 0.627. The number of aromatic nitrogens is 2. The summed E-state index contributed by atoms with van der Waals surface area (Å²) in [5, 5.41) is 10.7. The second kappa shape index (κ2) is 8.26. The Hall–Kier alpha value is -2.19. The predicted molar refractivity (Wildman–Crippen MR) is 98.5 cm³/mol. The number of benzene rings is 1. The van der Waals surface area contributed by atoms with Crippen LogP contribution in [0.4, 0.5) is 0 Å². The normalized spacial score (nSPS) is 10.6. The second-order valence-electron chi connectivity index (χ2n) is 5.26. The Morgan fingerprint density at radius 1 is 1.40 bits per heavy atom. The lowest BCUT2D eigenvalue weighted by atomic mass is 10.2. The number of thiophene rings is 1. The summed E-state index contributed by atoms with van der Waals surface area (Å²) in [5.74, 6) is 1.66. The van der Waals surface area contributed by atoms with Crippen molar-refractivity contribution in [3.05, 3.63) is 51.0 Å². The van der Waals surface area contributed by atoms with E-state index in [0.29, 0.717) is 24.7 Å². The van der Waals surface area contributed by atoms with Gasteiger partial charge in [0.15, 0.2) is 0 Å². The highest BCUT2D eigenvalue weighted by molar-refractivity contribution is 9.10. The molecule has 0 saturated heterocycles. The molecular weight excluding hydrogens is 406 g/mol. The summed E-state index contributed by atoms with van der Waals surface area (Å²) in [4.78, 5) is 16.4. The summed E-state index contributed by atoms with van der Waals surface area (Å²) in [6.07, 6.45) is 0.681. The fourth-order valence-electron chi connectivity index (χ4n) is 2.25. The maximum Gasteiger partial charge on any atom is 0.227 e. The van der Waals surface area contributed by atoms with Gasteiger partial charge in [-0.05, 0) is 29.6 Å². The van der Waals surface area contributed by atoms with E-state index < -0.39 is 0 Å². The van der Waals surface area contributed by atoms with Crippen molar-refractivity contribution in [2.75, 3.05) is 7.11 Å². The number of rotatable bonds is 7. The molecule has 0 radical (unpaired) electrons. The molecule has 0 saturated carbocycles. The standard InChI is InChI=1S/C17H16BrN3O3S/c1-23-14-3-2-13(18)8-12(14)9-19-15(22)4-5-16-20-17(21-24-16)11-6-7-25-10-11/h2-3,6-8,10H,4-5,9H2,1H3,(H,19,22). The summed E-state index contributed by atoms with van der Waals surface area (Å²) < 4.78 is 11.4. The van der Waals surface area contributed by atoms with E-state index in [2.05, 4.69) is 31.4 Å². The zero-order valence-electron chi connectivity index (χ0n) is 13.5. The number of amides is 1. The number of aryl methyl sites for hydroxylation is 1. The fourth-order valence-corrected chi connectivity index (χ4v) is 3.30. The van der Waals surface area contributed by atoms with Gasteiger partial charge in [-0.15, -0.1) is 0 Å². The molecule has 0 aliphatic heterocycles. The van der Waals surface area contributed by atoms with Gasteiger partial charge in [0, 0.05) is 40.4 Å². The van der Waals surface area contributed by atoms with E-state index >= 15 is 0 Å². The molecule has 6 nitrogen and oxygen atoms in total. The Kier molecular flexibility index (Phi) is 5.83. The zero-order chi connectivity index (χ0) is 17.6. The molecule has 0 aliphatic rings. The molecule has 0 fully saturated rings. The van der Waals surface area contributed by atoms with Gasteiger partial charge in [0.05, 0.1) is 7.11 Å². The number of ether oxygens (including phenoxy) is 1. The van der Waals surface area contributed by atoms with Crippen LogP contribution in [0.2, 0.25) is 0 Å². The zero-order valence-corrected chi connectivity index (χ0v) is 15.9. The molecule has 1 amide bonds. The van der Waals surface area contributed by atoms with E-state index in [-0.39, 0.29) is 12.3 Å². The van der Waals surface area contributed by atoms with Gasteiger partial charge in [-0.1, -0.05) is 21.1 Å². The van der Waals surface area contributed by atoms with Crippen molar-refractivity contribution in [1.82, 2.24) is 15.5 Å². The van der Waals surface area contributed by atoms with E-state index in [0.717, 1.165) is 21.3 Å². The van der Waals surface area contributed by atoms with Crippen molar-refractivity contribution in [1.29, 1.82) is 0 Å². The Morgan fingerprint density at radius 3 is 3.04 bits per heavy atom. The van der Waals surface area contributed by atoms with Gasteiger partial charge < -0.3 is 14.6 Å². The van der Waals surface area contributed by atoms with Crippen LogP contribution in [0.1, 0.15) is 17.9 Å². The highest BCUT2D eigenvalue weighted by Gasteiger charge is 2.11. The largest absolute Gasteiger partial charge is 0.496 e. The summed E-state index contributed by atoms with van der Waals surface area (Å²) >= 11 is 4.99. The minimum absolute atomic E-state index is 0.0858. The summed E-state index contributed by atoms with van der Waals surface area (Å²) in [7, 11) is 1.61. The third-order valence-electron chi connectivity index (χ3n) is 3.53. The number of nitrogens with zero attached hydrogens (tertiary/aromatic N) is 2. The SMILES string of the molecule is COc1ccc(Br)cc1CNC(=O)CCc1nc(-c2ccsc2)no1. The van der Waals surface area contributed by atoms with E-state index in [1.165, 1.54) is 0 Å². The van der Waals surface area contributed by atoms with Crippen molar-refractivity contribution >= 4 is 33.2 Å². The minimum atomic E-state index is -0.0858. The molecule has 8 heteroatoms. The van der Waals surface area contributed by atoms with Crippen LogP contribution in [0.15, 0.2) is 44.0 Å². The first kappa shape index (κ1) is 17.6. The lowest BCUT2D eigenvalue weighted by Gasteiger charge is -2.10. The maximum atomic E-state index is 12.1.